The van der Waals surface area contributed by atoms with Crippen LogP contribution in [0.4, 0.5) is 0 Å². The van der Waals surface area contributed by atoms with Crippen LogP contribution in [-0.2, 0) is 4.74 Å². The van der Waals surface area contributed by atoms with E-state index in [9.17, 15) is 0 Å². The van der Waals surface area contributed by atoms with Crippen molar-refractivity contribution in [2.24, 2.45) is 5.92 Å². The van der Waals surface area contributed by atoms with E-state index in [1.54, 1.807) is 0 Å². The fourth-order valence-corrected chi connectivity index (χ4v) is 2.18. The molecule has 0 saturated carbocycles. The minimum Gasteiger partial charge on any atom is -0.383 e. The van der Waals surface area contributed by atoms with Crippen molar-refractivity contribution in [2.45, 2.75) is 52.4 Å². The SMILES string of the molecule is C=C(C)NC1C(C)O[C@H](C)C[C@@H]1C. The summed E-state index contributed by atoms with van der Waals surface area (Å²) in [6, 6.07) is 0.425. The van der Waals surface area contributed by atoms with Gasteiger partial charge in [0.25, 0.3) is 0 Å². The van der Waals surface area contributed by atoms with E-state index in [1.165, 1.54) is 0 Å². The monoisotopic (exact) mass is 183 g/mol. The number of allylic oxidation sites excluding steroid dienone is 1. The highest BCUT2D eigenvalue weighted by atomic mass is 16.5. The molecule has 1 aliphatic heterocycles. The standard InChI is InChI=1S/C11H21NO/c1-7(2)12-11-8(3)6-9(4)13-10(11)5/h8-12H,1,6H2,2-5H3/t8-,9+,10?,11?/m0/s1. The molecule has 1 N–H and O–H groups in total. The Labute approximate surface area is 81.4 Å². The van der Waals surface area contributed by atoms with E-state index < -0.39 is 0 Å². The third kappa shape index (κ3) is 2.73. The van der Waals surface area contributed by atoms with Gasteiger partial charge in [-0.15, -0.1) is 0 Å². The fraction of sp³-hybridized carbons (Fsp3) is 0.818. The molecule has 1 saturated heterocycles. The lowest BCUT2D eigenvalue weighted by Gasteiger charge is -2.39. The molecule has 0 radical (unpaired) electrons. The van der Waals surface area contributed by atoms with Crippen LogP contribution in [0.1, 0.15) is 34.1 Å². The van der Waals surface area contributed by atoms with Gasteiger partial charge in [-0.2, -0.15) is 0 Å². The molecular weight excluding hydrogens is 162 g/mol. The predicted molar refractivity (Wildman–Crippen MR) is 55.5 cm³/mol. The van der Waals surface area contributed by atoms with Gasteiger partial charge in [0, 0.05) is 5.70 Å². The summed E-state index contributed by atoms with van der Waals surface area (Å²) in [4.78, 5) is 0. The minimum absolute atomic E-state index is 0.287. The van der Waals surface area contributed by atoms with Gasteiger partial charge in [-0.25, -0.2) is 0 Å². The molecule has 4 atom stereocenters. The largest absolute Gasteiger partial charge is 0.383 e. The van der Waals surface area contributed by atoms with Crippen LogP contribution in [0.3, 0.4) is 0 Å². The molecule has 0 spiro atoms. The molecule has 2 unspecified atom stereocenters. The van der Waals surface area contributed by atoms with Crippen molar-refractivity contribution in [2.75, 3.05) is 0 Å². The molecule has 0 aromatic carbocycles. The summed E-state index contributed by atoms with van der Waals surface area (Å²) in [5.41, 5.74) is 1.03. The van der Waals surface area contributed by atoms with Gasteiger partial charge in [-0.1, -0.05) is 13.5 Å². The van der Waals surface area contributed by atoms with Crippen molar-refractivity contribution >= 4 is 0 Å². The van der Waals surface area contributed by atoms with E-state index in [-0.39, 0.29) is 6.10 Å². The third-order valence-electron chi connectivity index (χ3n) is 2.68. The Balaban J connectivity index is 2.56. The van der Waals surface area contributed by atoms with E-state index >= 15 is 0 Å². The normalized spacial score (nSPS) is 40.0. The van der Waals surface area contributed by atoms with Crippen LogP contribution in [0, 0.1) is 5.92 Å². The van der Waals surface area contributed by atoms with Crippen molar-refractivity contribution in [1.29, 1.82) is 0 Å². The second kappa shape index (κ2) is 4.14. The lowest BCUT2D eigenvalue weighted by Crippen LogP contribution is -2.49. The predicted octanol–water partition coefficient (Wildman–Crippen LogP) is 2.31. The van der Waals surface area contributed by atoms with Crippen LogP contribution >= 0.6 is 0 Å². The Kier molecular flexibility index (Phi) is 3.37. The van der Waals surface area contributed by atoms with E-state index in [2.05, 4.69) is 32.7 Å². The fourth-order valence-electron chi connectivity index (χ4n) is 2.18. The van der Waals surface area contributed by atoms with Crippen LogP contribution in [-0.4, -0.2) is 18.2 Å². The maximum absolute atomic E-state index is 5.77. The van der Waals surface area contributed by atoms with Crippen LogP contribution in [0.2, 0.25) is 0 Å². The summed E-state index contributed by atoms with van der Waals surface area (Å²) in [5.74, 6) is 0.662. The number of hydrogen-bond donors (Lipinski definition) is 1. The Morgan fingerprint density at radius 1 is 1.38 bits per heavy atom. The van der Waals surface area contributed by atoms with Crippen LogP contribution in [0.15, 0.2) is 12.3 Å². The maximum atomic E-state index is 5.77. The van der Waals surface area contributed by atoms with Gasteiger partial charge in [-0.05, 0) is 33.1 Å². The summed E-state index contributed by atoms with van der Waals surface area (Å²) in [5, 5.41) is 3.38. The molecule has 0 aliphatic carbocycles. The van der Waals surface area contributed by atoms with Crippen molar-refractivity contribution in [3.8, 4) is 0 Å². The summed E-state index contributed by atoms with van der Waals surface area (Å²) in [6.07, 6.45) is 1.82. The molecule has 1 heterocycles. The molecule has 13 heavy (non-hydrogen) atoms. The topological polar surface area (TPSA) is 21.3 Å². The smallest absolute Gasteiger partial charge is 0.0754 e. The van der Waals surface area contributed by atoms with Gasteiger partial charge in [0.2, 0.25) is 0 Å². The molecule has 1 fully saturated rings. The lowest BCUT2D eigenvalue weighted by atomic mass is 9.89. The quantitative estimate of drug-likeness (QED) is 0.709. The van der Waals surface area contributed by atoms with Crippen molar-refractivity contribution in [3.05, 3.63) is 12.3 Å². The van der Waals surface area contributed by atoms with Crippen LogP contribution in [0.25, 0.3) is 0 Å². The second-order valence-corrected chi connectivity index (χ2v) is 4.32. The number of hydrogen-bond acceptors (Lipinski definition) is 2. The molecule has 1 aliphatic rings. The van der Waals surface area contributed by atoms with E-state index in [0.29, 0.717) is 18.1 Å². The molecule has 1 rings (SSSR count). The van der Waals surface area contributed by atoms with Crippen molar-refractivity contribution in [3.63, 3.8) is 0 Å². The highest BCUT2D eigenvalue weighted by Crippen LogP contribution is 2.25. The molecule has 0 aromatic rings. The first-order valence-corrected chi connectivity index (χ1v) is 5.08. The average molecular weight is 183 g/mol. The van der Waals surface area contributed by atoms with Gasteiger partial charge in [-0.3, -0.25) is 0 Å². The molecule has 2 heteroatoms. The minimum atomic E-state index is 0.287. The second-order valence-electron chi connectivity index (χ2n) is 4.32. The molecule has 0 bridgehead atoms. The summed E-state index contributed by atoms with van der Waals surface area (Å²) in [7, 11) is 0. The van der Waals surface area contributed by atoms with Crippen LogP contribution < -0.4 is 5.32 Å². The van der Waals surface area contributed by atoms with Crippen LogP contribution in [0.5, 0.6) is 0 Å². The molecule has 76 valence electrons. The highest BCUT2D eigenvalue weighted by Gasteiger charge is 2.31. The molecule has 2 nitrogen and oxygen atoms in total. The molecular formula is C11H21NO. The zero-order valence-corrected chi connectivity index (χ0v) is 9.13. The number of nitrogens with one attached hydrogen (secondary N) is 1. The van der Waals surface area contributed by atoms with E-state index in [1.807, 2.05) is 6.92 Å². The zero-order chi connectivity index (χ0) is 10.0. The summed E-state index contributed by atoms with van der Waals surface area (Å²) in [6.45, 7) is 12.4. The third-order valence-corrected chi connectivity index (χ3v) is 2.68. The average Bonchev–Trinajstić information content (AvgIpc) is 1.96. The van der Waals surface area contributed by atoms with Gasteiger partial charge in [0.15, 0.2) is 0 Å². The highest BCUT2D eigenvalue weighted by molar-refractivity contribution is 4.95. The van der Waals surface area contributed by atoms with E-state index in [0.717, 1.165) is 12.1 Å². The Bertz CT molecular complexity index is 179. The van der Waals surface area contributed by atoms with Crippen molar-refractivity contribution < 1.29 is 4.74 Å². The Morgan fingerprint density at radius 2 is 2.00 bits per heavy atom. The van der Waals surface area contributed by atoms with Gasteiger partial charge in [0.05, 0.1) is 18.2 Å². The summed E-state index contributed by atoms with van der Waals surface area (Å²) >= 11 is 0. The first-order chi connectivity index (χ1) is 6.00. The molecule has 0 aromatic heterocycles. The number of ether oxygens (including phenoxy) is 1. The van der Waals surface area contributed by atoms with Gasteiger partial charge >= 0.3 is 0 Å². The van der Waals surface area contributed by atoms with Gasteiger partial charge in [0.1, 0.15) is 0 Å². The van der Waals surface area contributed by atoms with Gasteiger partial charge < -0.3 is 10.1 Å². The maximum Gasteiger partial charge on any atom is 0.0754 e. The number of rotatable bonds is 2. The van der Waals surface area contributed by atoms with Crippen molar-refractivity contribution in [1.82, 2.24) is 5.32 Å². The summed E-state index contributed by atoms with van der Waals surface area (Å²) < 4.78 is 5.77. The first-order valence-electron chi connectivity index (χ1n) is 5.08. The first kappa shape index (κ1) is 10.6. The lowest BCUT2D eigenvalue weighted by molar-refractivity contribution is -0.0687. The molecule has 0 amide bonds. The Morgan fingerprint density at radius 3 is 2.46 bits per heavy atom. The zero-order valence-electron chi connectivity index (χ0n) is 9.13. The van der Waals surface area contributed by atoms with E-state index in [4.69, 9.17) is 4.74 Å². The Hall–Kier alpha value is -0.500.